The molecule has 110 valence electrons. The first-order valence-corrected chi connectivity index (χ1v) is 7.84. The number of fused-ring (bicyclic) bond motifs is 1. The van der Waals surface area contributed by atoms with Crippen molar-refractivity contribution in [3.63, 3.8) is 0 Å². The molecule has 0 aliphatic carbocycles. The fraction of sp³-hybridized carbons (Fsp3) is 0.200. The molecule has 7 heteroatoms. The van der Waals surface area contributed by atoms with Gasteiger partial charge in [-0.25, -0.2) is 4.98 Å². The van der Waals surface area contributed by atoms with Crippen LogP contribution in [0.5, 0.6) is 0 Å². The molecule has 0 fully saturated rings. The zero-order valence-corrected chi connectivity index (χ0v) is 13.0. The van der Waals surface area contributed by atoms with Gasteiger partial charge in [0.1, 0.15) is 22.4 Å². The SMILES string of the molecule is CSc1cc2n(Cc3ccc(C#N)nc3)c(C)cc(=O)n2n1. The van der Waals surface area contributed by atoms with Crippen LogP contribution in [0, 0.1) is 18.3 Å². The molecule has 0 atom stereocenters. The molecule has 0 saturated heterocycles. The summed E-state index contributed by atoms with van der Waals surface area (Å²) in [6, 6.07) is 9.03. The van der Waals surface area contributed by atoms with Gasteiger partial charge in [0, 0.05) is 24.0 Å². The van der Waals surface area contributed by atoms with Gasteiger partial charge in [0.15, 0.2) is 0 Å². The molecule has 0 N–H and O–H groups in total. The average Bonchev–Trinajstić information content (AvgIpc) is 2.97. The van der Waals surface area contributed by atoms with Crippen LogP contribution in [0.25, 0.3) is 5.65 Å². The normalized spacial score (nSPS) is 10.8. The second kappa shape index (κ2) is 5.66. The lowest BCUT2D eigenvalue weighted by atomic mass is 10.2. The van der Waals surface area contributed by atoms with Crippen LogP contribution in [0.4, 0.5) is 0 Å². The van der Waals surface area contributed by atoms with Crippen LogP contribution < -0.4 is 5.56 Å². The van der Waals surface area contributed by atoms with E-state index in [0.29, 0.717) is 12.2 Å². The molecule has 0 amide bonds. The molecular weight excluding hydrogens is 298 g/mol. The van der Waals surface area contributed by atoms with E-state index >= 15 is 0 Å². The summed E-state index contributed by atoms with van der Waals surface area (Å²) in [4.78, 5) is 16.1. The van der Waals surface area contributed by atoms with Gasteiger partial charge in [0.2, 0.25) is 0 Å². The first-order chi connectivity index (χ1) is 10.6. The zero-order chi connectivity index (χ0) is 15.7. The molecule has 6 nitrogen and oxygen atoms in total. The number of rotatable bonds is 3. The van der Waals surface area contributed by atoms with Gasteiger partial charge < -0.3 is 4.57 Å². The fourth-order valence-electron chi connectivity index (χ4n) is 2.28. The highest BCUT2D eigenvalue weighted by Crippen LogP contribution is 2.16. The number of aryl methyl sites for hydroxylation is 1. The molecule has 0 aliphatic heterocycles. The third-order valence-electron chi connectivity index (χ3n) is 3.40. The van der Waals surface area contributed by atoms with Crippen LogP contribution in [0.2, 0.25) is 0 Å². The van der Waals surface area contributed by atoms with Gasteiger partial charge in [0.25, 0.3) is 5.56 Å². The maximum absolute atomic E-state index is 12.0. The highest BCUT2D eigenvalue weighted by molar-refractivity contribution is 7.98. The highest BCUT2D eigenvalue weighted by atomic mass is 32.2. The molecule has 0 aromatic carbocycles. The number of hydrogen-bond donors (Lipinski definition) is 0. The summed E-state index contributed by atoms with van der Waals surface area (Å²) in [5.41, 5.74) is 2.81. The first kappa shape index (κ1) is 14.4. The van der Waals surface area contributed by atoms with Crippen LogP contribution in [0.1, 0.15) is 17.0 Å². The van der Waals surface area contributed by atoms with Crippen molar-refractivity contribution in [3.8, 4) is 6.07 Å². The van der Waals surface area contributed by atoms with Crippen molar-refractivity contribution >= 4 is 17.4 Å². The van der Waals surface area contributed by atoms with Gasteiger partial charge in [-0.3, -0.25) is 4.79 Å². The summed E-state index contributed by atoms with van der Waals surface area (Å²) in [5.74, 6) is 0. The molecule has 0 bridgehead atoms. The predicted octanol–water partition coefficient (Wildman–Crippen LogP) is 1.84. The van der Waals surface area contributed by atoms with Gasteiger partial charge in [-0.15, -0.1) is 11.8 Å². The summed E-state index contributed by atoms with van der Waals surface area (Å²) in [6.45, 7) is 2.46. The van der Waals surface area contributed by atoms with E-state index in [1.807, 2.05) is 35.9 Å². The quantitative estimate of drug-likeness (QED) is 0.690. The van der Waals surface area contributed by atoms with Crippen molar-refractivity contribution in [3.05, 3.63) is 57.8 Å². The van der Waals surface area contributed by atoms with E-state index in [-0.39, 0.29) is 5.56 Å². The molecule has 3 aromatic heterocycles. The number of thioether (sulfide) groups is 1. The second-order valence-corrected chi connectivity index (χ2v) is 5.66. The largest absolute Gasteiger partial charge is 0.326 e. The molecule has 0 saturated carbocycles. The minimum atomic E-state index is -0.137. The third-order valence-corrected chi connectivity index (χ3v) is 4.02. The number of nitrogens with zero attached hydrogens (tertiary/aromatic N) is 5. The summed E-state index contributed by atoms with van der Waals surface area (Å²) in [5, 5.41) is 13.9. The number of pyridine rings is 1. The molecule has 0 spiro atoms. The minimum absolute atomic E-state index is 0.137. The Labute approximate surface area is 131 Å². The van der Waals surface area contributed by atoms with Gasteiger partial charge in [-0.1, -0.05) is 6.07 Å². The Balaban J connectivity index is 2.11. The Bertz CT molecular complexity index is 933. The Hall–Kier alpha value is -2.59. The molecular formula is C15H13N5OS. The monoisotopic (exact) mass is 311 g/mol. The van der Waals surface area contributed by atoms with Crippen molar-refractivity contribution in [1.29, 1.82) is 5.26 Å². The second-order valence-electron chi connectivity index (χ2n) is 4.83. The van der Waals surface area contributed by atoms with Gasteiger partial charge >= 0.3 is 0 Å². The Morgan fingerprint density at radius 3 is 2.82 bits per heavy atom. The van der Waals surface area contributed by atoms with Crippen LogP contribution in [0.3, 0.4) is 0 Å². The lowest BCUT2D eigenvalue weighted by Crippen LogP contribution is -2.20. The van der Waals surface area contributed by atoms with Crippen LogP contribution in [0.15, 0.2) is 40.3 Å². The lowest BCUT2D eigenvalue weighted by molar-refractivity contribution is 0.731. The van der Waals surface area contributed by atoms with E-state index in [9.17, 15) is 4.79 Å². The standard InChI is InChI=1S/C15H13N5OS/c1-10-5-15(21)20-14(6-13(18-20)22-2)19(10)9-11-3-4-12(7-16)17-8-11/h3-6,8H,9H2,1-2H3. The summed E-state index contributed by atoms with van der Waals surface area (Å²) in [6.07, 6.45) is 3.60. The van der Waals surface area contributed by atoms with E-state index in [2.05, 4.69) is 10.1 Å². The number of aromatic nitrogens is 4. The topological polar surface area (TPSA) is 76.0 Å². The van der Waals surface area contributed by atoms with E-state index in [1.54, 1.807) is 18.3 Å². The van der Waals surface area contributed by atoms with E-state index < -0.39 is 0 Å². The Morgan fingerprint density at radius 2 is 2.18 bits per heavy atom. The van der Waals surface area contributed by atoms with E-state index in [0.717, 1.165) is 21.9 Å². The maximum Gasteiger partial charge on any atom is 0.274 e. The van der Waals surface area contributed by atoms with Crippen molar-refractivity contribution in [2.75, 3.05) is 6.26 Å². The van der Waals surface area contributed by atoms with Crippen molar-refractivity contribution in [1.82, 2.24) is 19.2 Å². The van der Waals surface area contributed by atoms with Crippen LogP contribution >= 0.6 is 11.8 Å². The molecule has 0 unspecified atom stereocenters. The minimum Gasteiger partial charge on any atom is -0.326 e. The molecule has 0 radical (unpaired) electrons. The highest BCUT2D eigenvalue weighted by Gasteiger charge is 2.10. The number of hydrogen-bond acceptors (Lipinski definition) is 5. The zero-order valence-electron chi connectivity index (χ0n) is 12.1. The molecule has 3 rings (SSSR count). The van der Waals surface area contributed by atoms with E-state index in [1.165, 1.54) is 16.3 Å². The third kappa shape index (κ3) is 2.49. The van der Waals surface area contributed by atoms with Crippen molar-refractivity contribution < 1.29 is 0 Å². The van der Waals surface area contributed by atoms with Crippen molar-refractivity contribution in [2.45, 2.75) is 18.5 Å². The Morgan fingerprint density at radius 1 is 1.36 bits per heavy atom. The van der Waals surface area contributed by atoms with Gasteiger partial charge in [0.05, 0.1) is 6.54 Å². The van der Waals surface area contributed by atoms with Crippen LogP contribution in [-0.2, 0) is 6.54 Å². The first-order valence-electron chi connectivity index (χ1n) is 6.61. The van der Waals surface area contributed by atoms with Gasteiger partial charge in [-0.05, 0) is 24.8 Å². The molecule has 22 heavy (non-hydrogen) atoms. The fourth-order valence-corrected chi connectivity index (χ4v) is 2.66. The smallest absolute Gasteiger partial charge is 0.274 e. The van der Waals surface area contributed by atoms with E-state index in [4.69, 9.17) is 5.26 Å². The Kier molecular flexibility index (Phi) is 3.69. The maximum atomic E-state index is 12.0. The predicted molar refractivity (Wildman–Crippen MR) is 84.0 cm³/mol. The number of nitriles is 1. The lowest BCUT2D eigenvalue weighted by Gasteiger charge is -2.12. The summed E-state index contributed by atoms with van der Waals surface area (Å²) >= 11 is 1.50. The summed E-state index contributed by atoms with van der Waals surface area (Å²) < 4.78 is 3.42. The van der Waals surface area contributed by atoms with Crippen LogP contribution in [-0.4, -0.2) is 25.4 Å². The molecule has 3 heterocycles. The van der Waals surface area contributed by atoms with Crippen molar-refractivity contribution in [2.24, 2.45) is 0 Å². The molecule has 0 aliphatic rings. The molecule has 3 aromatic rings. The van der Waals surface area contributed by atoms with Gasteiger partial charge in [-0.2, -0.15) is 14.9 Å². The summed E-state index contributed by atoms with van der Waals surface area (Å²) in [7, 11) is 0. The average molecular weight is 311 g/mol.